The molecule has 3 heteroatoms. The Morgan fingerprint density at radius 1 is 1.17 bits per heavy atom. The molecule has 0 unspecified atom stereocenters. The SMILES string of the molecule is Br[C@@]12C[C@]1(Br)[C@@H]1O[C@H]2C=C2C1=Cc1ccccc12. The zero-order chi connectivity index (χ0) is 12.1. The Morgan fingerprint density at radius 2 is 2.00 bits per heavy atom. The van der Waals surface area contributed by atoms with Gasteiger partial charge in [-0.1, -0.05) is 56.1 Å². The topological polar surface area (TPSA) is 9.23 Å². The lowest BCUT2D eigenvalue weighted by atomic mass is 9.96. The van der Waals surface area contributed by atoms with Crippen molar-refractivity contribution < 1.29 is 4.74 Å². The van der Waals surface area contributed by atoms with Crippen molar-refractivity contribution in [2.24, 2.45) is 0 Å². The van der Waals surface area contributed by atoms with Gasteiger partial charge in [0.1, 0.15) is 6.10 Å². The van der Waals surface area contributed by atoms with Gasteiger partial charge in [0.25, 0.3) is 0 Å². The number of hydrogen-bond acceptors (Lipinski definition) is 1. The second-order valence-electron chi connectivity index (χ2n) is 5.61. The fourth-order valence-corrected chi connectivity index (χ4v) is 5.94. The van der Waals surface area contributed by atoms with Crippen LogP contribution in [0.1, 0.15) is 17.5 Å². The largest absolute Gasteiger partial charge is 0.363 e. The number of benzene rings is 1. The molecule has 0 N–H and O–H groups in total. The van der Waals surface area contributed by atoms with Crippen molar-refractivity contribution >= 4 is 43.5 Å². The lowest BCUT2D eigenvalue weighted by Gasteiger charge is -2.26. The third kappa shape index (κ3) is 0.939. The summed E-state index contributed by atoms with van der Waals surface area (Å²) in [4.78, 5) is 0. The molecule has 5 rings (SSSR count). The summed E-state index contributed by atoms with van der Waals surface area (Å²) in [5.74, 6) is 0. The summed E-state index contributed by atoms with van der Waals surface area (Å²) in [6.45, 7) is 0. The van der Waals surface area contributed by atoms with Crippen LogP contribution in [0.5, 0.6) is 0 Å². The Bertz CT molecular complexity index is 662. The van der Waals surface area contributed by atoms with Crippen LogP contribution in [0, 0.1) is 0 Å². The highest BCUT2D eigenvalue weighted by Crippen LogP contribution is 2.74. The molecule has 2 heterocycles. The standard InChI is InChI=1S/C15H10Br2O/c16-14-7-15(14,17)13-11-5-8-3-1-2-4-9(8)10(11)6-12(14)18-13/h1-6,12-13H,7H2/t12-,13+,14+,15-/m0/s1. The molecule has 0 aromatic heterocycles. The minimum absolute atomic E-state index is 0.0940. The van der Waals surface area contributed by atoms with Crippen LogP contribution >= 0.6 is 31.9 Å². The maximum atomic E-state index is 6.17. The van der Waals surface area contributed by atoms with Gasteiger partial charge >= 0.3 is 0 Å². The number of alkyl halides is 2. The highest BCUT2D eigenvalue weighted by molar-refractivity contribution is 9.13. The highest BCUT2D eigenvalue weighted by atomic mass is 79.9. The van der Waals surface area contributed by atoms with Gasteiger partial charge in [-0.25, -0.2) is 0 Å². The summed E-state index contributed by atoms with van der Waals surface area (Å²) in [6.07, 6.45) is 6.13. The average molecular weight is 366 g/mol. The Balaban J connectivity index is 1.77. The third-order valence-corrected chi connectivity index (χ3v) is 8.08. The molecule has 18 heavy (non-hydrogen) atoms. The Labute approximate surface area is 122 Å². The van der Waals surface area contributed by atoms with E-state index in [0.29, 0.717) is 0 Å². The first-order chi connectivity index (χ1) is 8.63. The van der Waals surface area contributed by atoms with Crippen LogP contribution in [0.15, 0.2) is 35.9 Å². The minimum atomic E-state index is 0.0940. The predicted octanol–water partition coefficient (Wildman–Crippen LogP) is 3.92. The Kier molecular flexibility index (Phi) is 1.66. The average Bonchev–Trinajstić information content (AvgIpc) is 2.73. The lowest BCUT2D eigenvalue weighted by molar-refractivity contribution is 0.0681. The maximum absolute atomic E-state index is 6.17. The summed E-state index contributed by atoms with van der Waals surface area (Å²) in [5.41, 5.74) is 5.42. The van der Waals surface area contributed by atoms with Crippen LogP contribution in [-0.4, -0.2) is 20.9 Å². The zero-order valence-electron chi connectivity index (χ0n) is 9.49. The Hall–Kier alpha value is -0.380. The number of halogens is 2. The van der Waals surface area contributed by atoms with Gasteiger partial charge in [-0.15, -0.1) is 0 Å². The van der Waals surface area contributed by atoms with E-state index in [-0.39, 0.29) is 20.9 Å². The summed E-state index contributed by atoms with van der Waals surface area (Å²) in [5, 5.41) is 0. The molecule has 2 bridgehead atoms. The van der Waals surface area contributed by atoms with Crippen LogP contribution in [0.4, 0.5) is 0 Å². The molecule has 2 aliphatic heterocycles. The van der Waals surface area contributed by atoms with Crippen molar-refractivity contribution in [3.63, 3.8) is 0 Å². The maximum Gasteiger partial charge on any atom is 0.101 e. The quantitative estimate of drug-likeness (QED) is 0.633. The fraction of sp³-hybridized carbons (Fsp3) is 0.333. The van der Waals surface area contributed by atoms with Crippen LogP contribution in [0.25, 0.3) is 11.6 Å². The van der Waals surface area contributed by atoms with Gasteiger partial charge in [0.05, 0.1) is 14.8 Å². The number of ether oxygens (including phenoxy) is 1. The van der Waals surface area contributed by atoms with E-state index in [1.54, 1.807) is 0 Å². The van der Waals surface area contributed by atoms with Crippen LogP contribution < -0.4 is 0 Å². The molecule has 0 spiro atoms. The van der Waals surface area contributed by atoms with Crippen molar-refractivity contribution in [1.29, 1.82) is 0 Å². The van der Waals surface area contributed by atoms with Gasteiger partial charge in [0.15, 0.2) is 0 Å². The van der Waals surface area contributed by atoms with E-state index in [1.165, 1.54) is 22.3 Å². The van der Waals surface area contributed by atoms with E-state index in [2.05, 4.69) is 68.3 Å². The smallest absolute Gasteiger partial charge is 0.101 e. The van der Waals surface area contributed by atoms with Crippen molar-refractivity contribution in [2.45, 2.75) is 27.3 Å². The summed E-state index contributed by atoms with van der Waals surface area (Å²) in [7, 11) is 0. The predicted molar refractivity (Wildman–Crippen MR) is 79.0 cm³/mol. The highest BCUT2D eigenvalue weighted by Gasteiger charge is 2.79. The molecule has 2 fully saturated rings. The first-order valence-corrected chi connectivity index (χ1v) is 7.79. The molecule has 4 atom stereocenters. The van der Waals surface area contributed by atoms with Crippen LogP contribution in [-0.2, 0) is 4.74 Å². The van der Waals surface area contributed by atoms with E-state index in [1.807, 2.05) is 0 Å². The molecular weight excluding hydrogens is 356 g/mol. The van der Waals surface area contributed by atoms with Crippen molar-refractivity contribution in [3.05, 3.63) is 47.0 Å². The molecule has 2 aliphatic carbocycles. The molecule has 1 saturated heterocycles. The first-order valence-electron chi connectivity index (χ1n) is 6.20. The van der Waals surface area contributed by atoms with Gasteiger partial charge in [-0.3, -0.25) is 0 Å². The van der Waals surface area contributed by atoms with E-state index in [4.69, 9.17) is 4.74 Å². The number of rotatable bonds is 0. The molecule has 90 valence electrons. The summed E-state index contributed by atoms with van der Waals surface area (Å²) < 4.78 is 6.37. The molecule has 1 aromatic carbocycles. The number of fused-ring (bicyclic) bond motifs is 9. The minimum Gasteiger partial charge on any atom is -0.363 e. The monoisotopic (exact) mass is 364 g/mol. The first kappa shape index (κ1) is 10.4. The second kappa shape index (κ2) is 2.87. The van der Waals surface area contributed by atoms with Crippen LogP contribution in [0.2, 0.25) is 0 Å². The second-order valence-corrected chi connectivity index (χ2v) is 8.44. The summed E-state index contributed by atoms with van der Waals surface area (Å²) in [6, 6.07) is 8.61. The van der Waals surface area contributed by atoms with Crippen molar-refractivity contribution in [2.75, 3.05) is 0 Å². The molecule has 1 aromatic rings. The van der Waals surface area contributed by atoms with E-state index in [9.17, 15) is 0 Å². The van der Waals surface area contributed by atoms with E-state index < -0.39 is 0 Å². The normalized spacial score (nSPS) is 45.9. The van der Waals surface area contributed by atoms with Gasteiger partial charge in [-0.2, -0.15) is 0 Å². The van der Waals surface area contributed by atoms with Crippen molar-refractivity contribution in [3.8, 4) is 0 Å². The Morgan fingerprint density at radius 3 is 2.89 bits per heavy atom. The molecular formula is C15H10Br2O. The zero-order valence-corrected chi connectivity index (χ0v) is 12.7. The number of hydrogen-bond donors (Lipinski definition) is 0. The molecule has 1 saturated carbocycles. The molecule has 4 aliphatic rings. The van der Waals surface area contributed by atoms with Gasteiger partial charge < -0.3 is 4.74 Å². The van der Waals surface area contributed by atoms with E-state index in [0.717, 1.165) is 6.42 Å². The van der Waals surface area contributed by atoms with Gasteiger partial charge in [0.2, 0.25) is 0 Å². The van der Waals surface area contributed by atoms with Crippen LogP contribution in [0.3, 0.4) is 0 Å². The van der Waals surface area contributed by atoms with Crippen molar-refractivity contribution in [1.82, 2.24) is 0 Å². The fourth-order valence-electron chi connectivity index (χ4n) is 3.65. The summed E-state index contributed by atoms with van der Waals surface area (Å²) >= 11 is 7.80. The van der Waals surface area contributed by atoms with Gasteiger partial charge in [0, 0.05) is 0 Å². The lowest BCUT2D eigenvalue weighted by Crippen LogP contribution is -2.27. The molecule has 0 amide bonds. The van der Waals surface area contributed by atoms with Gasteiger partial charge in [-0.05, 0) is 40.8 Å². The third-order valence-electron chi connectivity index (χ3n) is 4.70. The van der Waals surface area contributed by atoms with E-state index >= 15 is 0 Å². The molecule has 1 nitrogen and oxygen atoms in total. The molecule has 0 radical (unpaired) electrons.